The predicted octanol–water partition coefficient (Wildman–Crippen LogP) is 3.72. The molecule has 7 heteroatoms. The van der Waals surface area contributed by atoms with Crippen molar-refractivity contribution in [2.24, 2.45) is 4.99 Å². The summed E-state index contributed by atoms with van der Waals surface area (Å²) in [7, 11) is 0. The lowest BCUT2D eigenvalue weighted by atomic mass is 9.99. The van der Waals surface area contributed by atoms with Crippen molar-refractivity contribution < 1.29 is 0 Å². The van der Waals surface area contributed by atoms with E-state index in [4.69, 9.17) is 16.6 Å². The van der Waals surface area contributed by atoms with Crippen molar-refractivity contribution in [1.82, 2.24) is 20.5 Å². The van der Waals surface area contributed by atoms with Crippen LogP contribution in [0.1, 0.15) is 45.6 Å². The summed E-state index contributed by atoms with van der Waals surface area (Å²) in [6, 6.07) is 3.85. The Balaban J connectivity index is 0.00000338. The highest BCUT2D eigenvalue weighted by Crippen LogP contribution is 2.20. The number of aromatic nitrogens is 1. The van der Waals surface area contributed by atoms with E-state index in [9.17, 15) is 0 Å². The van der Waals surface area contributed by atoms with E-state index in [1.807, 2.05) is 18.3 Å². The van der Waals surface area contributed by atoms with E-state index in [0.29, 0.717) is 5.15 Å². The van der Waals surface area contributed by atoms with Crippen molar-refractivity contribution in [2.75, 3.05) is 32.7 Å². The Labute approximate surface area is 180 Å². The Hall–Kier alpha value is -0.600. The first-order chi connectivity index (χ1) is 12.0. The number of hydrogen-bond donors (Lipinski definition) is 2. The first-order valence-electron chi connectivity index (χ1n) is 9.39. The van der Waals surface area contributed by atoms with Gasteiger partial charge in [0.05, 0.1) is 6.54 Å². The maximum atomic E-state index is 5.83. The van der Waals surface area contributed by atoms with Gasteiger partial charge >= 0.3 is 0 Å². The fourth-order valence-electron chi connectivity index (χ4n) is 3.09. The summed E-state index contributed by atoms with van der Waals surface area (Å²) >= 11 is 5.83. The lowest BCUT2D eigenvalue weighted by Gasteiger charge is -2.40. The molecule has 0 radical (unpaired) electrons. The maximum absolute atomic E-state index is 5.83. The molecule has 2 rings (SSSR count). The largest absolute Gasteiger partial charge is 0.357 e. The summed E-state index contributed by atoms with van der Waals surface area (Å²) in [4.78, 5) is 11.5. The smallest absolute Gasteiger partial charge is 0.191 e. The molecule has 0 spiro atoms. The van der Waals surface area contributed by atoms with Gasteiger partial charge in [-0.15, -0.1) is 24.0 Å². The molecule has 5 nitrogen and oxygen atoms in total. The van der Waals surface area contributed by atoms with Crippen LogP contribution in [0.5, 0.6) is 0 Å². The SMILES string of the molecule is CCNC(=NCC(C)(C)N1CCCCC1)NCCc1ccc(Cl)nc1.I. The van der Waals surface area contributed by atoms with E-state index in [1.54, 1.807) is 0 Å². The summed E-state index contributed by atoms with van der Waals surface area (Å²) in [6.45, 7) is 11.5. The summed E-state index contributed by atoms with van der Waals surface area (Å²) in [6.07, 6.45) is 6.69. The van der Waals surface area contributed by atoms with Crippen LogP contribution in [0.2, 0.25) is 5.15 Å². The second kappa shape index (κ2) is 12.0. The lowest BCUT2D eigenvalue weighted by Crippen LogP contribution is -2.49. The van der Waals surface area contributed by atoms with Crippen molar-refractivity contribution in [3.63, 3.8) is 0 Å². The van der Waals surface area contributed by atoms with Gasteiger partial charge in [0, 0.05) is 24.8 Å². The van der Waals surface area contributed by atoms with E-state index in [0.717, 1.165) is 32.0 Å². The predicted molar refractivity (Wildman–Crippen MR) is 122 cm³/mol. The molecule has 0 amide bonds. The molecule has 0 aliphatic carbocycles. The molecule has 0 bridgehead atoms. The second-order valence-electron chi connectivity index (χ2n) is 7.22. The Morgan fingerprint density at radius 2 is 1.96 bits per heavy atom. The molecule has 0 aromatic carbocycles. The molecule has 2 N–H and O–H groups in total. The third-order valence-electron chi connectivity index (χ3n) is 4.68. The van der Waals surface area contributed by atoms with Crippen LogP contribution in [0, 0.1) is 0 Å². The topological polar surface area (TPSA) is 52.6 Å². The summed E-state index contributed by atoms with van der Waals surface area (Å²) in [5.74, 6) is 0.884. The van der Waals surface area contributed by atoms with Gasteiger partial charge in [0.25, 0.3) is 0 Å². The number of halogens is 2. The van der Waals surface area contributed by atoms with Gasteiger partial charge in [-0.2, -0.15) is 0 Å². The maximum Gasteiger partial charge on any atom is 0.191 e. The van der Waals surface area contributed by atoms with E-state index in [2.05, 4.69) is 41.3 Å². The average Bonchev–Trinajstić information content (AvgIpc) is 2.62. The van der Waals surface area contributed by atoms with Crippen LogP contribution >= 0.6 is 35.6 Å². The van der Waals surface area contributed by atoms with Crippen LogP contribution in [0.25, 0.3) is 0 Å². The van der Waals surface area contributed by atoms with Gasteiger partial charge in [-0.1, -0.05) is 24.1 Å². The third kappa shape index (κ3) is 7.96. The van der Waals surface area contributed by atoms with Crippen LogP contribution in [0.3, 0.4) is 0 Å². The van der Waals surface area contributed by atoms with E-state index in [1.165, 1.54) is 37.9 Å². The number of nitrogens with zero attached hydrogens (tertiary/aromatic N) is 3. The first kappa shape index (κ1) is 23.4. The number of hydrogen-bond acceptors (Lipinski definition) is 3. The van der Waals surface area contributed by atoms with Gasteiger partial charge < -0.3 is 10.6 Å². The van der Waals surface area contributed by atoms with Crippen LogP contribution in [0.15, 0.2) is 23.3 Å². The number of nitrogens with one attached hydrogen (secondary N) is 2. The van der Waals surface area contributed by atoms with Crippen molar-refractivity contribution in [3.8, 4) is 0 Å². The number of pyridine rings is 1. The molecular formula is C19H33ClIN5. The minimum absolute atomic E-state index is 0. The number of aliphatic imine (C=N–C) groups is 1. The number of guanidine groups is 1. The van der Waals surface area contributed by atoms with Crippen molar-refractivity contribution in [2.45, 2.75) is 52.0 Å². The van der Waals surface area contributed by atoms with E-state index >= 15 is 0 Å². The summed E-state index contributed by atoms with van der Waals surface area (Å²) in [5.41, 5.74) is 1.27. The minimum atomic E-state index is 0. The molecule has 1 saturated heterocycles. The van der Waals surface area contributed by atoms with Crippen molar-refractivity contribution in [3.05, 3.63) is 29.0 Å². The quantitative estimate of drug-likeness (QED) is 0.263. The zero-order valence-electron chi connectivity index (χ0n) is 16.2. The molecule has 0 saturated carbocycles. The van der Waals surface area contributed by atoms with Gasteiger partial charge in [0.1, 0.15) is 5.15 Å². The first-order valence-corrected chi connectivity index (χ1v) is 9.77. The molecule has 1 aliphatic rings. The highest BCUT2D eigenvalue weighted by Gasteiger charge is 2.27. The fourth-order valence-corrected chi connectivity index (χ4v) is 3.20. The van der Waals surface area contributed by atoms with E-state index in [-0.39, 0.29) is 29.5 Å². The molecule has 0 atom stereocenters. The Morgan fingerprint density at radius 3 is 2.58 bits per heavy atom. The Bertz CT molecular complexity index is 541. The van der Waals surface area contributed by atoms with Gasteiger partial charge in [-0.05, 0) is 64.8 Å². The molecule has 26 heavy (non-hydrogen) atoms. The molecule has 148 valence electrons. The molecule has 0 unspecified atom stereocenters. The Kier molecular flexibility index (Phi) is 10.8. The summed E-state index contributed by atoms with van der Waals surface area (Å²) in [5, 5.41) is 7.29. The zero-order valence-corrected chi connectivity index (χ0v) is 19.3. The molecule has 1 aromatic heterocycles. The monoisotopic (exact) mass is 493 g/mol. The highest BCUT2D eigenvalue weighted by molar-refractivity contribution is 14.0. The Morgan fingerprint density at radius 1 is 1.23 bits per heavy atom. The van der Waals surface area contributed by atoms with Gasteiger partial charge in [-0.25, -0.2) is 4.98 Å². The molecule has 2 heterocycles. The minimum Gasteiger partial charge on any atom is -0.357 e. The van der Waals surface area contributed by atoms with Crippen LogP contribution < -0.4 is 10.6 Å². The number of piperidine rings is 1. The molecule has 1 fully saturated rings. The van der Waals surface area contributed by atoms with Crippen LogP contribution in [-0.4, -0.2) is 54.1 Å². The molecular weight excluding hydrogens is 461 g/mol. The molecule has 1 aromatic rings. The van der Waals surface area contributed by atoms with Crippen LogP contribution in [0.4, 0.5) is 0 Å². The van der Waals surface area contributed by atoms with Gasteiger partial charge in [-0.3, -0.25) is 9.89 Å². The lowest BCUT2D eigenvalue weighted by molar-refractivity contribution is 0.102. The van der Waals surface area contributed by atoms with Crippen molar-refractivity contribution >= 4 is 41.5 Å². The normalized spacial score (nSPS) is 16.1. The van der Waals surface area contributed by atoms with E-state index < -0.39 is 0 Å². The van der Waals surface area contributed by atoms with Gasteiger partial charge in [0.15, 0.2) is 5.96 Å². The highest BCUT2D eigenvalue weighted by atomic mass is 127. The number of rotatable bonds is 7. The standard InChI is InChI=1S/C19H32ClN5.HI/c1-4-21-18(22-11-10-16-8-9-17(20)23-14-16)24-15-19(2,3)25-12-6-5-7-13-25;/h8-9,14H,4-7,10-13,15H2,1-3H3,(H2,21,22,24);1H. The molecule has 1 aliphatic heterocycles. The number of likely N-dealkylation sites (tertiary alicyclic amines) is 1. The zero-order chi connectivity index (χ0) is 18.1. The average molecular weight is 494 g/mol. The second-order valence-corrected chi connectivity index (χ2v) is 7.61. The fraction of sp³-hybridized carbons (Fsp3) is 0.684. The van der Waals surface area contributed by atoms with Gasteiger partial charge in [0.2, 0.25) is 0 Å². The summed E-state index contributed by atoms with van der Waals surface area (Å²) < 4.78 is 0. The van der Waals surface area contributed by atoms with Crippen LogP contribution in [-0.2, 0) is 6.42 Å². The van der Waals surface area contributed by atoms with Crippen molar-refractivity contribution in [1.29, 1.82) is 0 Å². The third-order valence-corrected chi connectivity index (χ3v) is 4.90.